The van der Waals surface area contributed by atoms with Crippen molar-refractivity contribution in [2.45, 2.75) is 19.6 Å². The lowest BCUT2D eigenvalue weighted by molar-refractivity contribution is 1.29. The van der Waals surface area contributed by atoms with Crippen molar-refractivity contribution in [1.82, 2.24) is 0 Å². The van der Waals surface area contributed by atoms with Crippen LogP contribution in [0.5, 0.6) is 0 Å². The van der Waals surface area contributed by atoms with Gasteiger partial charge in [0.25, 0.3) is 0 Å². The molecule has 0 aliphatic carbocycles. The van der Waals surface area contributed by atoms with Crippen LogP contribution in [0.2, 0.25) is 0 Å². The molecule has 0 atom stereocenters. The first-order valence-corrected chi connectivity index (χ1v) is 18.6. The number of benzene rings is 8. The molecule has 10 rings (SSSR count). The molecular formula is C48H30S2. The Hall–Kier alpha value is -5.54. The van der Waals surface area contributed by atoms with Crippen molar-refractivity contribution in [3.05, 3.63) is 203 Å². The molecule has 0 fully saturated rings. The van der Waals surface area contributed by atoms with Crippen LogP contribution in [0.1, 0.15) is 33.4 Å². The summed E-state index contributed by atoms with van der Waals surface area (Å²) in [6.45, 7) is 0. The second kappa shape index (κ2) is 12.1. The normalized spacial score (nSPS) is 13.0. The van der Waals surface area contributed by atoms with Crippen molar-refractivity contribution < 1.29 is 0 Å². The highest BCUT2D eigenvalue weighted by atomic mass is 32.2. The number of rotatable bonds is 3. The van der Waals surface area contributed by atoms with Gasteiger partial charge in [0.15, 0.2) is 0 Å². The Morgan fingerprint density at radius 2 is 0.620 bits per heavy atom. The lowest BCUT2D eigenvalue weighted by Crippen LogP contribution is -2.00. The van der Waals surface area contributed by atoms with Crippen molar-refractivity contribution in [2.24, 2.45) is 0 Å². The maximum Gasteiger partial charge on any atom is 0.0201 e. The van der Waals surface area contributed by atoms with Gasteiger partial charge in [0.2, 0.25) is 0 Å². The molecule has 0 saturated carbocycles. The van der Waals surface area contributed by atoms with E-state index in [0.29, 0.717) is 0 Å². The summed E-state index contributed by atoms with van der Waals surface area (Å²) in [5.74, 6) is 0. The molecule has 0 aromatic heterocycles. The Morgan fingerprint density at radius 3 is 1.00 bits per heavy atom. The molecule has 0 N–H and O–H groups in total. The van der Waals surface area contributed by atoms with E-state index >= 15 is 0 Å². The van der Waals surface area contributed by atoms with Crippen molar-refractivity contribution in [3.8, 4) is 11.1 Å². The molecule has 2 aliphatic heterocycles. The zero-order valence-electron chi connectivity index (χ0n) is 27.1. The maximum atomic E-state index is 2.44. The third kappa shape index (κ3) is 4.87. The van der Waals surface area contributed by atoms with E-state index in [0.717, 1.165) is 0 Å². The zero-order valence-corrected chi connectivity index (χ0v) is 28.8. The molecule has 234 valence electrons. The first-order valence-electron chi connectivity index (χ1n) is 17.0. The smallest absolute Gasteiger partial charge is 0.0201 e. The Bertz CT molecular complexity index is 2430. The zero-order chi connectivity index (χ0) is 33.0. The van der Waals surface area contributed by atoms with Gasteiger partial charge in [-0.15, -0.1) is 0 Å². The quantitative estimate of drug-likeness (QED) is 0.183. The molecule has 0 spiro atoms. The van der Waals surface area contributed by atoms with Crippen LogP contribution in [0.25, 0.3) is 56.0 Å². The van der Waals surface area contributed by atoms with Gasteiger partial charge in [0.1, 0.15) is 0 Å². The van der Waals surface area contributed by atoms with E-state index in [1.165, 1.54) is 96.8 Å². The van der Waals surface area contributed by atoms with Crippen molar-refractivity contribution in [3.63, 3.8) is 0 Å². The van der Waals surface area contributed by atoms with Crippen molar-refractivity contribution in [2.75, 3.05) is 0 Å². The summed E-state index contributed by atoms with van der Waals surface area (Å²) in [7, 11) is 0. The summed E-state index contributed by atoms with van der Waals surface area (Å²) < 4.78 is 0. The highest BCUT2D eigenvalue weighted by Crippen LogP contribution is 2.49. The van der Waals surface area contributed by atoms with Crippen LogP contribution in [0, 0.1) is 0 Å². The molecule has 8 aromatic carbocycles. The second-order valence-corrected chi connectivity index (χ2v) is 15.0. The van der Waals surface area contributed by atoms with Gasteiger partial charge in [-0.3, -0.25) is 0 Å². The summed E-state index contributed by atoms with van der Waals surface area (Å²) in [6.07, 6.45) is 4.89. The Morgan fingerprint density at radius 1 is 0.300 bits per heavy atom. The van der Waals surface area contributed by atoms with Crippen LogP contribution >= 0.6 is 23.5 Å². The van der Waals surface area contributed by atoms with E-state index in [1.807, 2.05) is 23.5 Å². The van der Waals surface area contributed by atoms with Crippen LogP contribution in [-0.4, -0.2) is 0 Å². The van der Waals surface area contributed by atoms with Gasteiger partial charge >= 0.3 is 0 Å². The van der Waals surface area contributed by atoms with E-state index in [9.17, 15) is 0 Å². The topological polar surface area (TPSA) is 0 Å². The highest BCUT2D eigenvalue weighted by molar-refractivity contribution is 7.99. The summed E-state index contributed by atoms with van der Waals surface area (Å²) >= 11 is 3.72. The van der Waals surface area contributed by atoms with Crippen LogP contribution < -0.4 is 0 Å². The molecule has 2 heteroatoms. The molecule has 2 heterocycles. The minimum absolute atomic E-state index is 1.21. The fourth-order valence-corrected chi connectivity index (χ4v) is 9.85. The Kier molecular flexibility index (Phi) is 7.11. The molecule has 0 bridgehead atoms. The summed E-state index contributed by atoms with van der Waals surface area (Å²) in [4.78, 5) is 5.18. The first-order chi connectivity index (χ1) is 24.8. The van der Waals surface area contributed by atoms with Gasteiger partial charge in [-0.2, -0.15) is 0 Å². The fraction of sp³-hybridized carbons (Fsp3) is 0. The molecule has 0 nitrogen and oxygen atoms in total. The third-order valence-electron chi connectivity index (χ3n) is 9.92. The number of hydrogen-bond donors (Lipinski definition) is 0. The molecule has 0 amide bonds. The predicted molar refractivity (Wildman–Crippen MR) is 215 cm³/mol. The molecule has 0 radical (unpaired) electrons. The summed E-state index contributed by atoms with van der Waals surface area (Å²) in [5.41, 5.74) is 12.6. The monoisotopic (exact) mass is 670 g/mol. The molecule has 2 aliphatic rings. The van der Waals surface area contributed by atoms with E-state index < -0.39 is 0 Å². The van der Waals surface area contributed by atoms with Crippen molar-refractivity contribution >= 4 is 68.4 Å². The van der Waals surface area contributed by atoms with E-state index in [2.05, 4.69) is 182 Å². The van der Waals surface area contributed by atoms with Crippen LogP contribution in [0.15, 0.2) is 189 Å². The second-order valence-electron chi connectivity index (χ2n) is 12.8. The summed E-state index contributed by atoms with van der Waals surface area (Å²) in [6, 6.07) is 62.3. The van der Waals surface area contributed by atoms with Gasteiger partial charge in [-0.1, -0.05) is 169 Å². The SMILES string of the molecule is C(=C1c2ccccc2Sc2ccccc21)c1ccc2ccccc2c1-c1c(C=C2c3ccccc3Sc3ccccc32)ccc2ccccc12. The van der Waals surface area contributed by atoms with E-state index in [4.69, 9.17) is 0 Å². The van der Waals surface area contributed by atoms with Gasteiger partial charge < -0.3 is 0 Å². The van der Waals surface area contributed by atoms with Gasteiger partial charge in [0.05, 0.1) is 0 Å². The van der Waals surface area contributed by atoms with Crippen LogP contribution in [0.4, 0.5) is 0 Å². The average Bonchev–Trinajstić information content (AvgIpc) is 3.17. The average molecular weight is 671 g/mol. The van der Waals surface area contributed by atoms with Gasteiger partial charge in [-0.05, 0) is 114 Å². The highest BCUT2D eigenvalue weighted by Gasteiger charge is 2.24. The van der Waals surface area contributed by atoms with Crippen LogP contribution in [-0.2, 0) is 0 Å². The third-order valence-corrected chi connectivity index (χ3v) is 12.2. The molecule has 0 saturated heterocycles. The summed E-state index contributed by atoms with van der Waals surface area (Å²) in [5, 5.41) is 4.98. The number of fused-ring (bicyclic) bond motifs is 6. The molecule has 50 heavy (non-hydrogen) atoms. The van der Waals surface area contributed by atoms with Crippen LogP contribution in [0.3, 0.4) is 0 Å². The maximum absolute atomic E-state index is 2.44. The van der Waals surface area contributed by atoms with Gasteiger partial charge in [-0.25, -0.2) is 0 Å². The Balaban J connectivity index is 1.31. The molecule has 0 unspecified atom stereocenters. The Labute approximate surface area is 300 Å². The first kappa shape index (κ1) is 29.4. The lowest BCUT2D eigenvalue weighted by Gasteiger charge is -2.24. The molecular weight excluding hydrogens is 641 g/mol. The standard InChI is InChI=1S/C48H30S2/c1-3-15-35-31(13-1)25-27-33(29-41-37-17-5-9-21-43(37)49-44-22-10-6-18-38(41)44)47(35)48-34(28-26-32-14-2-4-16-36(32)48)30-42-39-19-7-11-23-45(39)50-46-24-12-8-20-40(42)46/h1-30H. The number of hydrogen-bond acceptors (Lipinski definition) is 2. The van der Waals surface area contributed by atoms with Gasteiger partial charge in [0, 0.05) is 19.6 Å². The van der Waals surface area contributed by atoms with E-state index in [1.54, 1.807) is 0 Å². The largest absolute Gasteiger partial charge is 0.0888 e. The fourth-order valence-electron chi connectivity index (χ4n) is 7.64. The minimum atomic E-state index is 1.21. The predicted octanol–water partition coefficient (Wildman–Crippen LogP) is 13.8. The molecule has 8 aromatic rings. The lowest BCUT2D eigenvalue weighted by atomic mass is 9.84. The minimum Gasteiger partial charge on any atom is -0.0888 e. The van der Waals surface area contributed by atoms with E-state index in [-0.39, 0.29) is 0 Å². The van der Waals surface area contributed by atoms with Crippen molar-refractivity contribution in [1.29, 1.82) is 0 Å².